The molecule has 182 valence electrons. The fourth-order valence-electron chi connectivity index (χ4n) is 3.86. The standard InChI is InChI=1S/C30H28N2O3S/c1-22(25-13-7-4-8-14-25)32(30(34)31-21-24-11-5-3-6-12-24)26-15-9-17-28(19-26)36-29-18-10-16-27(20-29)35-23(2)33/h3-20,22H,21H2,1-2H3,(H,31,34). The number of amides is 2. The summed E-state index contributed by atoms with van der Waals surface area (Å²) in [5, 5.41) is 3.07. The van der Waals surface area contributed by atoms with E-state index in [1.807, 2.05) is 110 Å². The lowest BCUT2D eigenvalue weighted by molar-refractivity contribution is -0.131. The average molecular weight is 497 g/mol. The second-order valence-electron chi connectivity index (χ2n) is 8.27. The lowest BCUT2D eigenvalue weighted by Crippen LogP contribution is -2.41. The number of nitrogens with zero attached hydrogens (tertiary/aromatic N) is 1. The third-order valence-electron chi connectivity index (χ3n) is 5.57. The maximum Gasteiger partial charge on any atom is 0.322 e. The number of hydrogen-bond acceptors (Lipinski definition) is 4. The summed E-state index contributed by atoms with van der Waals surface area (Å²) in [6, 6.07) is 34.8. The van der Waals surface area contributed by atoms with Gasteiger partial charge in [-0.15, -0.1) is 0 Å². The number of rotatable bonds is 8. The first-order chi connectivity index (χ1) is 17.5. The molecule has 4 rings (SSSR count). The van der Waals surface area contributed by atoms with Crippen molar-refractivity contribution in [2.75, 3.05) is 4.90 Å². The number of benzene rings is 4. The summed E-state index contributed by atoms with van der Waals surface area (Å²) in [6.07, 6.45) is 0. The molecule has 0 aromatic heterocycles. The highest BCUT2D eigenvalue weighted by molar-refractivity contribution is 7.99. The molecular weight excluding hydrogens is 468 g/mol. The van der Waals surface area contributed by atoms with Crippen molar-refractivity contribution < 1.29 is 14.3 Å². The number of hydrogen-bond donors (Lipinski definition) is 1. The predicted octanol–water partition coefficient (Wildman–Crippen LogP) is 7.24. The number of anilines is 1. The van der Waals surface area contributed by atoms with Crippen molar-refractivity contribution in [2.45, 2.75) is 36.2 Å². The molecule has 1 unspecified atom stereocenters. The quantitative estimate of drug-likeness (QED) is 0.206. The van der Waals surface area contributed by atoms with Crippen molar-refractivity contribution in [3.05, 3.63) is 120 Å². The summed E-state index contributed by atoms with van der Waals surface area (Å²) in [5.41, 5.74) is 2.87. The van der Waals surface area contributed by atoms with Gasteiger partial charge in [-0.05, 0) is 54.4 Å². The third kappa shape index (κ3) is 6.77. The van der Waals surface area contributed by atoms with E-state index in [-0.39, 0.29) is 18.0 Å². The minimum atomic E-state index is -0.355. The highest BCUT2D eigenvalue weighted by Crippen LogP contribution is 2.34. The number of esters is 1. The molecule has 0 fully saturated rings. The van der Waals surface area contributed by atoms with E-state index in [0.717, 1.165) is 26.6 Å². The largest absolute Gasteiger partial charge is 0.427 e. The monoisotopic (exact) mass is 496 g/mol. The fraction of sp³-hybridized carbons (Fsp3) is 0.133. The van der Waals surface area contributed by atoms with Crippen LogP contribution in [0.2, 0.25) is 0 Å². The molecule has 2 amide bonds. The number of nitrogens with one attached hydrogen (secondary N) is 1. The molecule has 0 aliphatic heterocycles. The Labute approximate surface area is 216 Å². The Morgan fingerprint density at radius 3 is 2.17 bits per heavy atom. The summed E-state index contributed by atoms with van der Waals surface area (Å²) in [5.74, 6) is 0.148. The predicted molar refractivity (Wildman–Crippen MR) is 144 cm³/mol. The molecule has 0 aliphatic rings. The van der Waals surface area contributed by atoms with Gasteiger partial charge in [0.15, 0.2) is 0 Å². The number of ether oxygens (including phenoxy) is 1. The molecule has 4 aromatic carbocycles. The first-order valence-electron chi connectivity index (χ1n) is 11.7. The van der Waals surface area contributed by atoms with E-state index >= 15 is 0 Å². The van der Waals surface area contributed by atoms with Gasteiger partial charge in [-0.1, -0.05) is 84.6 Å². The minimum Gasteiger partial charge on any atom is -0.427 e. The Morgan fingerprint density at radius 2 is 1.47 bits per heavy atom. The van der Waals surface area contributed by atoms with Crippen LogP contribution < -0.4 is 15.0 Å². The summed E-state index contributed by atoms with van der Waals surface area (Å²) < 4.78 is 5.22. The van der Waals surface area contributed by atoms with Gasteiger partial charge >= 0.3 is 12.0 Å². The van der Waals surface area contributed by atoms with Crippen LogP contribution in [0.3, 0.4) is 0 Å². The maximum absolute atomic E-state index is 13.5. The molecule has 1 atom stereocenters. The van der Waals surface area contributed by atoms with Crippen molar-refractivity contribution in [3.63, 3.8) is 0 Å². The van der Waals surface area contributed by atoms with Crippen LogP contribution in [0.4, 0.5) is 10.5 Å². The van der Waals surface area contributed by atoms with Gasteiger partial charge in [0.05, 0.1) is 6.04 Å². The van der Waals surface area contributed by atoms with Gasteiger partial charge in [-0.3, -0.25) is 9.69 Å². The fourth-order valence-corrected chi connectivity index (χ4v) is 4.78. The zero-order valence-corrected chi connectivity index (χ0v) is 21.1. The van der Waals surface area contributed by atoms with Crippen molar-refractivity contribution in [3.8, 4) is 5.75 Å². The van der Waals surface area contributed by atoms with Crippen LogP contribution in [0, 0.1) is 0 Å². The van der Waals surface area contributed by atoms with Gasteiger partial charge in [0.25, 0.3) is 0 Å². The van der Waals surface area contributed by atoms with Crippen LogP contribution in [0.1, 0.15) is 31.0 Å². The van der Waals surface area contributed by atoms with E-state index in [9.17, 15) is 9.59 Å². The Morgan fingerprint density at radius 1 is 0.833 bits per heavy atom. The van der Waals surface area contributed by atoms with Crippen molar-refractivity contribution in [1.29, 1.82) is 0 Å². The summed E-state index contributed by atoms with van der Waals surface area (Å²) in [4.78, 5) is 28.5. The lowest BCUT2D eigenvalue weighted by Gasteiger charge is -2.30. The molecule has 0 aliphatic carbocycles. The van der Waals surface area contributed by atoms with E-state index < -0.39 is 0 Å². The molecule has 0 spiro atoms. The molecule has 0 radical (unpaired) electrons. The van der Waals surface area contributed by atoms with E-state index in [0.29, 0.717) is 12.3 Å². The Hall–Kier alpha value is -4.03. The molecule has 36 heavy (non-hydrogen) atoms. The third-order valence-corrected chi connectivity index (χ3v) is 6.55. The number of urea groups is 1. The minimum absolute atomic E-state index is 0.172. The second-order valence-corrected chi connectivity index (χ2v) is 9.42. The van der Waals surface area contributed by atoms with Crippen molar-refractivity contribution >= 4 is 29.4 Å². The number of carbonyl (C=O) groups excluding carboxylic acids is 2. The Bertz CT molecular complexity index is 1310. The highest BCUT2D eigenvalue weighted by atomic mass is 32.2. The van der Waals surface area contributed by atoms with Gasteiger partial charge in [-0.2, -0.15) is 0 Å². The molecule has 4 aromatic rings. The molecular formula is C30H28N2O3S. The van der Waals surface area contributed by atoms with Crippen LogP contribution in [0.15, 0.2) is 119 Å². The van der Waals surface area contributed by atoms with Gasteiger partial charge in [0, 0.05) is 28.9 Å². The molecule has 0 saturated heterocycles. The first-order valence-corrected chi connectivity index (χ1v) is 12.5. The van der Waals surface area contributed by atoms with Gasteiger partial charge in [-0.25, -0.2) is 4.79 Å². The second kappa shape index (κ2) is 12.1. The molecule has 0 bridgehead atoms. The zero-order valence-electron chi connectivity index (χ0n) is 20.3. The molecule has 6 heteroatoms. The lowest BCUT2D eigenvalue weighted by atomic mass is 10.1. The van der Waals surface area contributed by atoms with Crippen LogP contribution in [0.25, 0.3) is 0 Å². The van der Waals surface area contributed by atoms with Crippen molar-refractivity contribution in [2.24, 2.45) is 0 Å². The first kappa shape index (κ1) is 25.1. The molecule has 0 heterocycles. The van der Waals surface area contributed by atoms with E-state index in [1.165, 1.54) is 6.92 Å². The van der Waals surface area contributed by atoms with Crippen molar-refractivity contribution in [1.82, 2.24) is 5.32 Å². The average Bonchev–Trinajstić information content (AvgIpc) is 2.89. The zero-order chi connectivity index (χ0) is 25.3. The van der Waals surface area contributed by atoms with E-state index in [4.69, 9.17) is 4.74 Å². The van der Waals surface area contributed by atoms with Gasteiger partial charge < -0.3 is 10.1 Å². The van der Waals surface area contributed by atoms with E-state index in [2.05, 4.69) is 5.32 Å². The number of carbonyl (C=O) groups is 2. The maximum atomic E-state index is 13.5. The molecule has 5 nitrogen and oxygen atoms in total. The summed E-state index contributed by atoms with van der Waals surface area (Å²) in [6.45, 7) is 3.85. The highest BCUT2D eigenvalue weighted by Gasteiger charge is 2.23. The smallest absolute Gasteiger partial charge is 0.322 e. The SMILES string of the molecule is CC(=O)Oc1cccc(Sc2cccc(N(C(=O)NCc3ccccc3)C(C)c3ccccc3)c2)c1. The Kier molecular flexibility index (Phi) is 8.42. The van der Waals surface area contributed by atoms with Gasteiger partial charge in [0.1, 0.15) is 5.75 Å². The Balaban J connectivity index is 1.60. The normalized spacial score (nSPS) is 11.4. The van der Waals surface area contributed by atoms with E-state index in [1.54, 1.807) is 22.7 Å². The van der Waals surface area contributed by atoms with Crippen LogP contribution in [0.5, 0.6) is 5.75 Å². The van der Waals surface area contributed by atoms with Crippen LogP contribution >= 0.6 is 11.8 Å². The molecule has 0 saturated carbocycles. The molecule has 1 N–H and O–H groups in total. The van der Waals surface area contributed by atoms with Gasteiger partial charge in [0.2, 0.25) is 0 Å². The summed E-state index contributed by atoms with van der Waals surface area (Å²) >= 11 is 1.54. The topological polar surface area (TPSA) is 58.6 Å². The van der Waals surface area contributed by atoms with Crippen LogP contribution in [-0.2, 0) is 11.3 Å². The summed E-state index contributed by atoms with van der Waals surface area (Å²) in [7, 11) is 0. The van der Waals surface area contributed by atoms with Crippen LogP contribution in [-0.4, -0.2) is 12.0 Å².